The summed E-state index contributed by atoms with van der Waals surface area (Å²) in [5.41, 5.74) is -0.644. The van der Waals surface area contributed by atoms with Gasteiger partial charge in [0.1, 0.15) is 23.5 Å². The average Bonchev–Trinajstić information content (AvgIpc) is 3.12. The highest BCUT2D eigenvalue weighted by molar-refractivity contribution is 7.10. The zero-order valence-corrected chi connectivity index (χ0v) is 17.6. The molecule has 0 unspecified atom stereocenters. The third-order valence-corrected chi connectivity index (χ3v) is 4.58. The van der Waals surface area contributed by atoms with Crippen molar-refractivity contribution < 1.29 is 23.8 Å². The molecular weight excluding hydrogens is 378 g/mol. The second-order valence-corrected chi connectivity index (χ2v) is 8.36. The van der Waals surface area contributed by atoms with Crippen LogP contribution in [0.5, 0.6) is 5.75 Å². The first kappa shape index (κ1) is 21.8. The van der Waals surface area contributed by atoms with Crippen molar-refractivity contribution in [1.29, 1.82) is 0 Å². The first-order valence-corrected chi connectivity index (χ1v) is 9.99. The van der Waals surface area contributed by atoms with Gasteiger partial charge in [0.15, 0.2) is 6.10 Å². The second kappa shape index (κ2) is 9.59. The Balaban J connectivity index is 2.01. The molecule has 0 bridgehead atoms. The first-order valence-electron chi connectivity index (χ1n) is 9.11. The molecule has 1 heterocycles. The monoisotopic (exact) mass is 405 g/mol. The number of para-hydroxylation sites is 1. The van der Waals surface area contributed by atoms with E-state index in [2.05, 4.69) is 5.32 Å². The van der Waals surface area contributed by atoms with E-state index < -0.39 is 35.9 Å². The Labute approximate surface area is 169 Å². The summed E-state index contributed by atoms with van der Waals surface area (Å²) < 4.78 is 16.8. The summed E-state index contributed by atoms with van der Waals surface area (Å²) in [5.74, 6) is 0.125. The molecule has 3 atom stereocenters. The number of ether oxygens (including phenoxy) is 3. The maximum Gasteiger partial charge on any atom is 0.408 e. The quantitative estimate of drug-likeness (QED) is 0.675. The third kappa shape index (κ3) is 6.88. The number of rotatable bonds is 7. The van der Waals surface area contributed by atoms with Gasteiger partial charge in [-0.15, -0.1) is 11.3 Å². The van der Waals surface area contributed by atoms with Gasteiger partial charge in [-0.25, -0.2) is 9.59 Å². The van der Waals surface area contributed by atoms with Crippen molar-refractivity contribution in [2.45, 2.75) is 58.5 Å². The summed E-state index contributed by atoms with van der Waals surface area (Å²) in [5, 5.41) is 4.43. The molecule has 0 aliphatic heterocycles. The Morgan fingerprint density at radius 3 is 2.29 bits per heavy atom. The Morgan fingerprint density at radius 1 is 1.04 bits per heavy atom. The van der Waals surface area contributed by atoms with Gasteiger partial charge in [0.2, 0.25) is 0 Å². The van der Waals surface area contributed by atoms with E-state index in [0.29, 0.717) is 5.75 Å². The van der Waals surface area contributed by atoms with Crippen LogP contribution in [0.1, 0.15) is 45.6 Å². The molecule has 0 saturated heterocycles. The minimum atomic E-state index is -0.849. The fraction of sp³-hybridized carbons (Fsp3) is 0.429. The van der Waals surface area contributed by atoms with Gasteiger partial charge < -0.3 is 19.5 Å². The molecule has 1 aromatic heterocycles. The van der Waals surface area contributed by atoms with Crippen LogP contribution in [0.3, 0.4) is 0 Å². The van der Waals surface area contributed by atoms with Gasteiger partial charge in [-0.1, -0.05) is 24.3 Å². The summed E-state index contributed by atoms with van der Waals surface area (Å²) in [7, 11) is 0. The number of carbonyl (C=O) groups excluding carboxylic acids is 2. The molecule has 0 radical (unpaired) electrons. The number of hydrogen-bond donors (Lipinski definition) is 1. The van der Waals surface area contributed by atoms with Crippen molar-refractivity contribution in [3.8, 4) is 5.75 Å². The fourth-order valence-electron chi connectivity index (χ4n) is 2.37. The molecule has 0 fully saturated rings. The van der Waals surface area contributed by atoms with Crippen LogP contribution in [-0.4, -0.2) is 29.8 Å². The number of esters is 1. The van der Waals surface area contributed by atoms with E-state index in [9.17, 15) is 9.59 Å². The van der Waals surface area contributed by atoms with Crippen molar-refractivity contribution >= 4 is 23.4 Å². The highest BCUT2D eigenvalue weighted by Gasteiger charge is 2.29. The fourth-order valence-corrected chi connectivity index (χ4v) is 3.22. The van der Waals surface area contributed by atoms with Crippen molar-refractivity contribution in [2.24, 2.45) is 0 Å². The topological polar surface area (TPSA) is 73.9 Å². The number of amides is 1. The molecule has 2 rings (SSSR count). The molecule has 1 amide bonds. The number of thiophene rings is 1. The van der Waals surface area contributed by atoms with Crippen molar-refractivity contribution in [3.63, 3.8) is 0 Å². The number of carbonyl (C=O) groups is 2. The van der Waals surface area contributed by atoms with Crippen LogP contribution in [-0.2, 0) is 14.3 Å². The van der Waals surface area contributed by atoms with Gasteiger partial charge in [-0.05, 0) is 58.2 Å². The third-order valence-electron chi connectivity index (χ3n) is 3.65. The number of hydrogen-bond acceptors (Lipinski definition) is 6. The van der Waals surface area contributed by atoms with Crippen LogP contribution < -0.4 is 10.1 Å². The Bertz CT molecular complexity index is 755. The lowest BCUT2D eigenvalue weighted by Crippen LogP contribution is -2.43. The average molecular weight is 406 g/mol. The van der Waals surface area contributed by atoms with Crippen LogP contribution in [0.2, 0.25) is 0 Å². The maximum atomic E-state index is 12.4. The number of nitrogens with one attached hydrogen (secondary N) is 1. The molecule has 0 aliphatic rings. The van der Waals surface area contributed by atoms with Crippen LogP contribution in [0, 0.1) is 0 Å². The summed E-state index contributed by atoms with van der Waals surface area (Å²) >= 11 is 1.53. The lowest BCUT2D eigenvalue weighted by Gasteiger charge is -2.26. The number of benzene rings is 1. The van der Waals surface area contributed by atoms with Crippen LogP contribution in [0.15, 0.2) is 47.8 Å². The van der Waals surface area contributed by atoms with E-state index in [4.69, 9.17) is 14.2 Å². The van der Waals surface area contributed by atoms with Gasteiger partial charge in [-0.2, -0.15) is 0 Å². The van der Waals surface area contributed by atoms with E-state index in [1.54, 1.807) is 34.6 Å². The smallest absolute Gasteiger partial charge is 0.408 e. The van der Waals surface area contributed by atoms with Crippen molar-refractivity contribution in [1.82, 2.24) is 5.32 Å². The minimum absolute atomic E-state index is 0.458. The molecule has 6 nitrogen and oxygen atoms in total. The molecule has 0 saturated carbocycles. The lowest BCUT2D eigenvalue weighted by atomic mass is 10.2. The Kier molecular flexibility index (Phi) is 7.45. The van der Waals surface area contributed by atoms with Crippen LogP contribution in [0.25, 0.3) is 0 Å². The minimum Gasteiger partial charge on any atom is -0.481 e. The highest BCUT2D eigenvalue weighted by atomic mass is 32.1. The predicted molar refractivity (Wildman–Crippen MR) is 109 cm³/mol. The Morgan fingerprint density at radius 2 is 1.71 bits per heavy atom. The van der Waals surface area contributed by atoms with E-state index in [1.807, 2.05) is 47.8 Å². The van der Waals surface area contributed by atoms with Crippen molar-refractivity contribution in [3.05, 3.63) is 52.7 Å². The zero-order chi connectivity index (χ0) is 20.7. The molecule has 0 aliphatic carbocycles. The summed E-state index contributed by atoms with van der Waals surface area (Å²) in [6.45, 7) is 8.58. The van der Waals surface area contributed by atoms with Gasteiger partial charge >= 0.3 is 12.1 Å². The first-order chi connectivity index (χ1) is 13.2. The van der Waals surface area contributed by atoms with Gasteiger partial charge in [-0.3, -0.25) is 0 Å². The van der Waals surface area contributed by atoms with E-state index in [1.165, 1.54) is 11.3 Å². The molecular formula is C21H27NO5S. The molecule has 7 heteroatoms. The molecule has 1 aromatic carbocycles. The maximum absolute atomic E-state index is 12.4. The van der Waals surface area contributed by atoms with Gasteiger partial charge in [0.05, 0.1) is 0 Å². The standard InChI is InChI=1S/C21H27NO5S/c1-14(22-20(24)27-21(3,4)5)19(23)25-15(2)18(17-12-9-13-28-17)26-16-10-7-6-8-11-16/h6-15,18H,1-5H3,(H,22,24)/t14-,15-,18+/m0/s1. The van der Waals surface area contributed by atoms with Gasteiger partial charge in [0, 0.05) is 4.88 Å². The lowest BCUT2D eigenvalue weighted by molar-refractivity contribution is -0.154. The van der Waals surface area contributed by atoms with E-state index in [0.717, 1.165) is 4.88 Å². The molecule has 152 valence electrons. The van der Waals surface area contributed by atoms with Gasteiger partial charge in [0.25, 0.3) is 0 Å². The highest BCUT2D eigenvalue weighted by Crippen LogP contribution is 2.29. The van der Waals surface area contributed by atoms with Crippen molar-refractivity contribution in [2.75, 3.05) is 0 Å². The van der Waals surface area contributed by atoms with E-state index >= 15 is 0 Å². The molecule has 1 N–H and O–H groups in total. The van der Waals surface area contributed by atoms with Crippen LogP contribution >= 0.6 is 11.3 Å². The summed E-state index contributed by atoms with van der Waals surface area (Å²) in [4.78, 5) is 25.2. The number of alkyl carbamates (subject to hydrolysis) is 1. The SMILES string of the molecule is C[C@H](NC(=O)OC(C)(C)C)C(=O)O[C@@H](C)[C@@H](Oc1ccccc1)c1cccs1. The second-order valence-electron chi connectivity index (χ2n) is 7.38. The largest absolute Gasteiger partial charge is 0.481 e. The zero-order valence-electron chi connectivity index (χ0n) is 16.8. The molecule has 0 spiro atoms. The normalized spacial score (nSPS) is 14.5. The summed E-state index contributed by atoms with van der Waals surface area (Å²) in [6, 6.07) is 12.4. The predicted octanol–water partition coefficient (Wildman–Crippen LogP) is 4.71. The summed E-state index contributed by atoms with van der Waals surface area (Å²) in [6.07, 6.45) is -1.69. The van der Waals surface area contributed by atoms with Crippen LogP contribution in [0.4, 0.5) is 4.79 Å². The van der Waals surface area contributed by atoms with E-state index in [-0.39, 0.29) is 0 Å². The molecule has 28 heavy (non-hydrogen) atoms. The Hall–Kier alpha value is -2.54. The molecule has 2 aromatic rings.